The van der Waals surface area contributed by atoms with Crippen LogP contribution in [0.3, 0.4) is 0 Å². The number of ether oxygens (including phenoxy) is 1. The third-order valence-corrected chi connectivity index (χ3v) is 2.83. The molecule has 1 heterocycles. The molecule has 0 amide bonds. The van der Waals surface area contributed by atoms with E-state index in [1.807, 2.05) is 32.0 Å². The van der Waals surface area contributed by atoms with E-state index in [1.54, 1.807) is 13.0 Å². The van der Waals surface area contributed by atoms with Gasteiger partial charge in [-0.15, -0.1) is 0 Å². The summed E-state index contributed by atoms with van der Waals surface area (Å²) in [5.41, 5.74) is 2.09. The second kappa shape index (κ2) is 3.91. The van der Waals surface area contributed by atoms with Crippen LogP contribution in [0.2, 0.25) is 0 Å². The van der Waals surface area contributed by atoms with Gasteiger partial charge in [0.25, 0.3) is 0 Å². The minimum Gasteiger partial charge on any atom is -0.487 e. The van der Waals surface area contributed by atoms with E-state index < -0.39 is 5.97 Å². The predicted octanol–water partition coefficient (Wildman–Crippen LogP) is 2.89. The molecule has 3 heteroatoms. The predicted molar refractivity (Wildman–Crippen MR) is 66.1 cm³/mol. The van der Waals surface area contributed by atoms with Gasteiger partial charge >= 0.3 is 5.97 Å². The highest BCUT2D eigenvalue weighted by atomic mass is 16.5. The van der Waals surface area contributed by atoms with Gasteiger partial charge in [0, 0.05) is 17.6 Å². The molecular formula is C14H16O3. The summed E-state index contributed by atoms with van der Waals surface area (Å²) in [6.07, 6.45) is 2.51. The average Bonchev–Trinajstić information content (AvgIpc) is 2.53. The fourth-order valence-corrected chi connectivity index (χ4v) is 2.05. The number of fused-ring (bicyclic) bond motifs is 1. The zero-order chi connectivity index (χ0) is 12.6. The fraction of sp³-hybridized carbons (Fsp3) is 0.357. The van der Waals surface area contributed by atoms with Gasteiger partial charge in [0.15, 0.2) is 0 Å². The van der Waals surface area contributed by atoms with Gasteiger partial charge in [-0.2, -0.15) is 0 Å². The third-order valence-electron chi connectivity index (χ3n) is 2.83. The molecule has 0 aromatic heterocycles. The zero-order valence-electron chi connectivity index (χ0n) is 10.3. The molecule has 1 aromatic carbocycles. The fourth-order valence-electron chi connectivity index (χ4n) is 2.05. The first-order valence-electron chi connectivity index (χ1n) is 5.61. The average molecular weight is 232 g/mol. The van der Waals surface area contributed by atoms with Crippen LogP contribution in [-0.4, -0.2) is 16.7 Å². The van der Waals surface area contributed by atoms with Gasteiger partial charge in [-0.05, 0) is 32.4 Å². The highest BCUT2D eigenvalue weighted by Crippen LogP contribution is 2.38. The van der Waals surface area contributed by atoms with Gasteiger partial charge < -0.3 is 9.84 Å². The van der Waals surface area contributed by atoms with Crippen LogP contribution < -0.4 is 4.74 Å². The second-order valence-electron chi connectivity index (χ2n) is 5.01. The van der Waals surface area contributed by atoms with Crippen molar-refractivity contribution in [1.82, 2.24) is 0 Å². The van der Waals surface area contributed by atoms with Crippen molar-refractivity contribution in [2.45, 2.75) is 32.8 Å². The first-order chi connectivity index (χ1) is 7.89. The maximum Gasteiger partial charge on any atom is 0.331 e. The van der Waals surface area contributed by atoms with Crippen LogP contribution in [0.1, 0.15) is 31.9 Å². The lowest BCUT2D eigenvalue weighted by molar-refractivity contribution is -0.132. The van der Waals surface area contributed by atoms with E-state index in [1.165, 1.54) is 0 Å². The second-order valence-corrected chi connectivity index (χ2v) is 5.01. The number of hydrogen-bond acceptors (Lipinski definition) is 2. The minimum atomic E-state index is -0.903. The SMILES string of the molecule is CC(=Cc1cccc2c1OC(C)(C)C2)C(=O)O. The van der Waals surface area contributed by atoms with E-state index in [-0.39, 0.29) is 5.60 Å². The Morgan fingerprint density at radius 1 is 1.47 bits per heavy atom. The number of hydrogen-bond donors (Lipinski definition) is 1. The number of carboxylic acids is 1. The van der Waals surface area contributed by atoms with Crippen molar-refractivity contribution < 1.29 is 14.6 Å². The summed E-state index contributed by atoms with van der Waals surface area (Å²) >= 11 is 0. The molecule has 0 radical (unpaired) electrons. The number of rotatable bonds is 2. The molecular weight excluding hydrogens is 216 g/mol. The number of benzene rings is 1. The molecule has 1 aliphatic rings. The Bertz CT molecular complexity index is 498. The molecule has 1 aromatic rings. The van der Waals surface area contributed by atoms with E-state index in [4.69, 9.17) is 9.84 Å². The number of carbonyl (C=O) groups is 1. The molecule has 0 unspecified atom stereocenters. The Kier molecular flexibility index (Phi) is 2.69. The first-order valence-corrected chi connectivity index (χ1v) is 5.61. The Morgan fingerprint density at radius 2 is 2.18 bits per heavy atom. The Hall–Kier alpha value is -1.77. The highest BCUT2D eigenvalue weighted by molar-refractivity contribution is 5.92. The van der Waals surface area contributed by atoms with Gasteiger partial charge in [0.1, 0.15) is 11.4 Å². The van der Waals surface area contributed by atoms with Gasteiger partial charge in [-0.25, -0.2) is 4.79 Å². The summed E-state index contributed by atoms with van der Waals surface area (Å²) in [5.74, 6) is -0.0852. The standard InChI is InChI=1S/C14H16O3/c1-9(13(15)16)7-10-5-4-6-11-8-14(2,3)17-12(10)11/h4-7H,8H2,1-3H3,(H,15,16). The van der Waals surface area contributed by atoms with Gasteiger partial charge in [0.05, 0.1) is 0 Å². The van der Waals surface area contributed by atoms with E-state index >= 15 is 0 Å². The van der Waals surface area contributed by atoms with Crippen molar-refractivity contribution >= 4 is 12.0 Å². The normalized spacial score (nSPS) is 17.5. The maximum absolute atomic E-state index is 10.8. The number of para-hydroxylation sites is 1. The van der Waals surface area contributed by atoms with Crippen LogP contribution in [0.25, 0.3) is 6.08 Å². The molecule has 1 aliphatic heterocycles. The molecule has 2 rings (SSSR count). The van der Waals surface area contributed by atoms with Crippen LogP contribution >= 0.6 is 0 Å². The van der Waals surface area contributed by atoms with Crippen molar-refractivity contribution in [1.29, 1.82) is 0 Å². The molecule has 90 valence electrons. The monoisotopic (exact) mass is 232 g/mol. The number of carboxylic acid groups (broad SMARTS) is 1. The molecule has 0 saturated heterocycles. The molecule has 0 fully saturated rings. The van der Waals surface area contributed by atoms with Gasteiger partial charge in [-0.3, -0.25) is 0 Å². The van der Waals surface area contributed by atoms with Crippen LogP contribution in [0.4, 0.5) is 0 Å². The molecule has 0 aliphatic carbocycles. The summed E-state index contributed by atoms with van der Waals surface area (Å²) in [4.78, 5) is 10.8. The van der Waals surface area contributed by atoms with Crippen molar-refractivity contribution in [3.05, 3.63) is 34.9 Å². The summed E-state index contributed by atoms with van der Waals surface area (Å²) < 4.78 is 5.87. The third kappa shape index (κ3) is 2.33. The van der Waals surface area contributed by atoms with E-state index in [0.29, 0.717) is 5.57 Å². The van der Waals surface area contributed by atoms with E-state index in [9.17, 15) is 4.79 Å². The maximum atomic E-state index is 10.8. The minimum absolute atomic E-state index is 0.205. The van der Waals surface area contributed by atoms with Crippen molar-refractivity contribution in [2.24, 2.45) is 0 Å². The highest BCUT2D eigenvalue weighted by Gasteiger charge is 2.31. The van der Waals surface area contributed by atoms with Gasteiger partial charge in [-0.1, -0.05) is 18.2 Å². The number of aliphatic carboxylic acids is 1. The summed E-state index contributed by atoms with van der Waals surface area (Å²) in [6.45, 7) is 5.65. The lowest BCUT2D eigenvalue weighted by Crippen LogP contribution is -2.24. The molecule has 1 N–H and O–H groups in total. The molecule has 3 nitrogen and oxygen atoms in total. The Labute approximate surface area is 101 Å². The lowest BCUT2D eigenvalue weighted by Gasteiger charge is -2.17. The Morgan fingerprint density at radius 3 is 2.82 bits per heavy atom. The quantitative estimate of drug-likeness (QED) is 0.797. The van der Waals surface area contributed by atoms with Crippen LogP contribution in [0.5, 0.6) is 5.75 Å². The largest absolute Gasteiger partial charge is 0.487 e. The summed E-state index contributed by atoms with van der Waals surface area (Å²) in [5, 5.41) is 8.89. The summed E-state index contributed by atoms with van der Waals surface area (Å²) in [7, 11) is 0. The zero-order valence-corrected chi connectivity index (χ0v) is 10.3. The van der Waals surface area contributed by atoms with Crippen LogP contribution in [-0.2, 0) is 11.2 Å². The van der Waals surface area contributed by atoms with Crippen molar-refractivity contribution in [2.75, 3.05) is 0 Å². The topological polar surface area (TPSA) is 46.5 Å². The van der Waals surface area contributed by atoms with Crippen molar-refractivity contribution in [3.8, 4) is 5.75 Å². The van der Waals surface area contributed by atoms with E-state index in [2.05, 4.69) is 0 Å². The molecule has 0 bridgehead atoms. The van der Waals surface area contributed by atoms with Crippen molar-refractivity contribution in [3.63, 3.8) is 0 Å². The lowest BCUT2D eigenvalue weighted by atomic mass is 10.00. The Balaban J connectivity index is 2.43. The summed E-state index contributed by atoms with van der Waals surface area (Å²) in [6, 6.07) is 5.84. The molecule has 0 spiro atoms. The van der Waals surface area contributed by atoms with E-state index in [0.717, 1.165) is 23.3 Å². The molecule has 0 saturated carbocycles. The molecule has 17 heavy (non-hydrogen) atoms. The molecule has 0 atom stereocenters. The van der Waals surface area contributed by atoms with Crippen LogP contribution in [0.15, 0.2) is 23.8 Å². The smallest absolute Gasteiger partial charge is 0.331 e. The van der Waals surface area contributed by atoms with Gasteiger partial charge in [0.2, 0.25) is 0 Å². The first kappa shape index (κ1) is 11.7. The van der Waals surface area contributed by atoms with Crippen LogP contribution in [0, 0.1) is 0 Å².